The Kier molecular flexibility index (Phi) is 6.53. The summed E-state index contributed by atoms with van der Waals surface area (Å²) in [4.78, 5) is 22.9. The molecule has 0 aliphatic heterocycles. The molecule has 0 radical (unpaired) electrons. The Morgan fingerprint density at radius 1 is 1.39 bits per heavy atom. The van der Waals surface area contributed by atoms with Gasteiger partial charge in [0.05, 0.1) is 11.7 Å². The van der Waals surface area contributed by atoms with Crippen molar-refractivity contribution in [2.24, 2.45) is 0 Å². The van der Waals surface area contributed by atoms with Crippen molar-refractivity contribution in [2.45, 2.75) is 65.5 Å². The van der Waals surface area contributed by atoms with Gasteiger partial charge < -0.3 is 15.2 Å². The molecule has 0 aliphatic carbocycles. The molecule has 0 saturated carbocycles. The molecule has 0 fully saturated rings. The first-order valence-electron chi connectivity index (χ1n) is 7.80. The maximum atomic E-state index is 11.6. The summed E-state index contributed by atoms with van der Waals surface area (Å²) in [5.74, 6) is -1.12. The van der Waals surface area contributed by atoms with Crippen molar-refractivity contribution in [1.29, 1.82) is 0 Å². The number of nitrogens with zero attached hydrogens (tertiary/aromatic N) is 3. The second-order valence-corrected chi connectivity index (χ2v) is 6.45. The summed E-state index contributed by atoms with van der Waals surface area (Å²) in [5, 5.41) is 19.5. The Labute approximate surface area is 136 Å². The van der Waals surface area contributed by atoms with E-state index in [9.17, 15) is 14.7 Å². The molecule has 8 heteroatoms. The summed E-state index contributed by atoms with van der Waals surface area (Å²) >= 11 is 0. The van der Waals surface area contributed by atoms with Crippen LogP contribution in [0.4, 0.5) is 4.79 Å². The first kappa shape index (κ1) is 18.9. The van der Waals surface area contributed by atoms with E-state index >= 15 is 0 Å². The maximum Gasteiger partial charge on any atom is 0.407 e. The van der Waals surface area contributed by atoms with Crippen LogP contribution in [0.5, 0.6) is 0 Å². The minimum absolute atomic E-state index is 0.0529. The number of rotatable bonds is 7. The lowest BCUT2D eigenvalue weighted by molar-refractivity contribution is 0.0528. The number of aromatic carboxylic acids is 1. The van der Waals surface area contributed by atoms with Crippen molar-refractivity contribution in [3.63, 3.8) is 0 Å². The molecule has 1 aromatic rings. The first-order valence-corrected chi connectivity index (χ1v) is 7.80. The van der Waals surface area contributed by atoms with Crippen LogP contribution >= 0.6 is 0 Å². The fourth-order valence-corrected chi connectivity index (χ4v) is 2.20. The van der Waals surface area contributed by atoms with E-state index in [-0.39, 0.29) is 18.3 Å². The fourth-order valence-electron chi connectivity index (χ4n) is 2.20. The number of carbonyl (C=O) groups is 2. The quantitative estimate of drug-likeness (QED) is 0.797. The SMILES string of the molecule is CCCC(C)n1nnc(C(=O)O)c1CCNC(=O)OC(C)(C)C. The van der Waals surface area contributed by atoms with Crippen LogP contribution in [-0.2, 0) is 11.2 Å². The Balaban J connectivity index is 2.76. The standard InChI is InChI=1S/C15H26N4O4/c1-6-7-10(2)19-11(12(13(20)21)17-18-19)8-9-16-14(22)23-15(3,4)5/h10H,6-9H2,1-5H3,(H,16,22)(H,20,21). The van der Waals surface area contributed by atoms with Gasteiger partial charge in [0.1, 0.15) is 5.60 Å². The van der Waals surface area contributed by atoms with Gasteiger partial charge >= 0.3 is 12.1 Å². The molecule has 0 bridgehead atoms. The van der Waals surface area contributed by atoms with Crippen molar-refractivity contribution in [3.8, 4) is 0 Å². The molecule has 0 spiro atoms. The van der Waals surface area contributed by atoms with Gasteiger partial charge in [-0.2, -0.15) is 0 Å². The molecule has 1 unspecified atom stereocenters. The summed E-state index contributed by atoms with van der Waals surface area (Å²) in [6.07, 6.45) is 1.62. The maximum absolute atomic E-state index is 11.6. The van der Waals surface area contributed by atoms with Gasteiger partial charge in [-0.25, -0.2) is 14.3 Å². The van der Waals surface area contributed by atoms with Crippen LogP contribution in [0.25, 0.3) is 0 Å². The third kappa shape index (κ3) is 5.88. The highest BCUT2D eigenvalue weighted by molar-refractivity contribution is 5.86. The number of amides is 1. The average Bonchev–Trinajstić information content (AvgIpc) is 2.81. The largest absolute Gasteiger partial charge is 0.476 e. The zero-order chi connectivity index (χ0) is 17.6. The van der Waals surface area contributed by atoms with E-state index < -0.39 is 17.7 Å². The molecule has 0 saturated heterocycles. The number of hydrogen-bond acceptors (Lipinski definition) is 5. The van der Waals surface area contributed by atoms with Gasteiger partial charge in [-0.15, -0.1) is 5.10 Å². The molecule has 1 heterocycles. The zero-order valence-electron chi connectivity index (χ0n) is 14.4. The van der Waals surface area contributed by atoms with Crippen LogP contribution in [-0.4, -0.2) is 44.3 Å². The lowest BCUT2D eigenvalue weighted by atomic mass is 10.1. The summed E-state index contributed by atoms with van der Waals surface area (Å²) in [6.45, 7) is 9.60. The van der Waals surface area contributed by atoms with Crippen molar-refractivity contribution in [2.75, 3.05) is 6.54 Å². The van der Waals surface area contributed by atoms with E-state index in [2.05, 4.69) is 22.6 Å². The van der Waals surface area contributed by atoms with E-state index in [4.69, 9.17) is 4.74 Å². The fraction of sp³-hybridized carbons (Fsp3) is 0.733. The lowest BCUT2D eigenvalue weighted by Crippen LogP contribution is -2.34. The highest BCUT2D eigenvalue weighted by Crippen LogP contribution is 2.17. The van der Waals surface area contributed by atoms with Crippen LogP contribution in [0.1, 0.15) is 69.7 Å². The zero-order valence-corrected chi connectivity index (χ0v) is 14.4. The molecule has 1 aromatic heterocycles. The number of aromatic nitrogens is 3. The molecule has 1 rings (SSSR count). The van der Waals surface area contributed by atoms with Crippen LogP contribution in [0.15, 0.2) is 0 Å². The minimum atomic E-state index is -1.12. The number of carbonyl (C=O) groups excluding carboxylic acids is 1. The number of alkyl carbamates (subject to hydrolysis) is 1. The van der Waals surface area contributed by atoms with Crippen molar-refractivity contribution in [3.05, 3.63) is 11.4 Å². The highest BCUT2D eigenvalue weighted by Gasteiger charge is 2.22. The van der Waals surface area contributed by atoms with E-state index in [1.54, 1.807) is 25.5 Å². The second kappa shape index (κ2) is 7.94. The van der Waals surface area contributed by atoms with E-state index in [1.165, 1.54) is 0 Å². The van der Waals surface area contributed by atoms with Crippen LogP contribution in [0.2, 0.25) is 0 Å². The highest BCUT2D eigenvalue weighted by atomic mass is 16.6. The second-order valence-electron chi connectivity index (χ2n) is 6.45. The van der Waals surface area contributed by atoms with Gasteiger partial charge in [0.15, 0.2) is 5.69 Å². The molecule has 0 aliphatic rings. The first-order chi connectivity index (χ1) is 10.7. The van der Waals surface area contributed by atoms with E-state index in [0.29, 0.717) is 12.1 Å². The summed E-state index contributed by atoms with van der Waals surface area (Å²) in [7, 11) is 0. The summed E-state index contributed by atoms with van der Waals surface area (Å²) in [5.41, 5.74) is -0.136. The van der Waals surface area contributed by atoms with Gasteiger partial charge in [0.25, 0.3) is 0 Å². The lowest BCUT2D eigenvalue weighted by Gasteiger charge is -2.20. The van der Waals surface area contributed by atoms with Crippen LogP contribution in [0.3, 0.4) is 0 Å². The Hall–Kier alpha value is -2.12. The third-order valence-corrected chi connectivity index (χ3v) is 3.15. The van der Waals surface area contributed by atoms with Gasteiger partial charge in [0.2, 0.25) is 0 Å². The van der Waals surface area contributed by atoms with Gasteiger partial charge in [-0.3, -0.25) is 0 Å². The van der Waals surface area contributed by atoms with E-state index in [1.807, 2.05) is 6.92 Å². The van der Waals surface area contributed by atoms with Gasteiger partial charge in [0, 0.05) is 13.0 Å². The average molecular weight is 326 g/mol. The summed E-state index contributed by atoms with van der Waals surface area (Å²) < 4.78 is 6.78. The Morgan fingerprint density at radius 2 is 2.04 bits per heavy atom. The van der Waals surface area contributed by atoms with Crippen LogP contribution < -0.4 is 5.32 Å². The molecule has 1 amide bonds. The number of ether oxygens (including phenoxy) is 1. The molecule has 2 N–H and O–H groups in total. The number of nitrogens with one attached hydrogen (secondary N) is 1. The van der Waals surface area contributed by atoms with Crippen LogP contribution in [0, 0.1) is 0 Å². The number of carboxylic acids is 1. The predicted molar refractivity (Wildman–Crippen MR) is 84.5 cm³/mol. The smallest absolute Gasteiger partial charge is 0.407 e. The normalized spacial score (nSPS) is 12.7. The molecule has 0 aromatic carbocycles. The van der Waals surface area contributed by atoms with Crippen molar-refractivity contribution in [1.82, 2.24) is 20.3 Å². The molecule has 23 heavy (non-hydrogen) atoms. The summed E-state index contributed by atoms with van der Waals surface area (Å²) in [6, 6.07) is 0.0529. The Bertz CT molecular complexity index is 548. The molecule has 8 nitrogen and oxygen atoms in total. The number of hydrogen-bond donors (Lipinski definition) is 2. The van der Waals surface area contributed by atoms with E-state index in [0.717, 1.165) is 12.8 Å². The predicted octanol–water partition coefficient (Wildman–Crippen LogP) is 2.40. The molecular weight excluding hydrogens is 300 g/mol. The monoisotopic (exact) mass is 326 g/mol. The Morgan fingerprint density at radius 3 is 2.57 bits per heavy atom. The number of carboxylic acid groups (broad SMARTS) is 1. The van der Waals surface area contributed by atoms with Crippen molar-refractivity contribution >= 4 is 12.1 Å². The molecule has 130 valence electrons. The minimum Gasteiger partial charge on any atom is -0.476 e. The van der Waals surface area contributed by atoms with Gasteiger partial charge in [-0.1, -0.05) is 18.6 Å². The molecule has 1 atom stereocenters. The topological polar surface area (TPSA) is 106 Å². The van der Waals surface area contributed by atoms with Gasteiger partial charge in [-0.05, 0) is 34.1 Å². The van der Waals surface area contributed by atoms with Crippen molar-refractivity contribution < 1.29 is 19.4 Å². The molecular formula is C15H26N4O4. The third-order valence-electron chi connectivity index (χ3n) is 3.15.